The molecular formula is C19H15N5O2. The largest absolute Gasteiger partial charge is 0.360 e. The second kappa shape index (κ2) is 7.32. The van der Waals surface area contributed by atoms with Crippen molar-refractivity contribution in [2.45, 2.75) is 6.92 Å². The van der Waals surface area contributed by atoms with Crippen molar-refractivity contribution in [3.63, 3.8) is 0 Å². The van der Waals surface area contributed by atoms with Crippen molar-refractivity contribution in [2.24, 2.45) is 0 Å². The molecule has 1 amide bonds. The molecule has 0 atom stereocenters. The highest BCUT2D eigenvalue weighted by molar-refractivity contribution is 6.07. The lowest BCUT2D eigenvalue weighted by atomic mass is 10.1. The number of H-pyrrole nitrogens is 1. The van der Waals surface area contributed by atoms with Gasteiger partial charge in [-0.1, -0.05) is 0 Å². The van der Waals surface area contributed by atoms with Crippen LogP contribution in [0.4, 0.5) is 11.4 Å². The van der Waals surface area contributed by atoms with Gasteiger partial charge in [-0.05, 0) is 49.4 Å². The van der Waals surface area contributed by atoms with E-state index in [0.29, 0.717) is 16.9 Å². The number of imidazole rings is 1. The van der Waals surface area contributed by atoms with Gasteiger partial charge in [-0.2, -0.15) is 5.26 Å². The first-order valence-electron chi connectivity index (χ1n) is 7.79. The first-order chi connectivity index (χ1) is 12.6. The number of hydrogen-bond acceptors (Lipinski definition) is 5. The van der Waals surface area contributed by atoms with Crippen LogP contribution in [0.5, 0.6) is 0 Å². The molecule has 3 aromatic rings. The van der Waals surface area contributed by atoms with Gasteiger partial charge >= 0.3 is 0 Å². The number of nitriles is 1. The van der Waals surface area contributed by atoms with Crippen molar-refractivity contribution < 1.29 is 9.59 Å². The van der Waals surface area contributed by atoms with Crippen LogP contribution in [0.2, 0.25) is 0 Å². The van der Waals surface area contributed by atoms with Crippen LogP contribution in [0.25, 0.3) is 11.0 Å². The first-order valence-corrected chi connectivity index (χ1v) is 7.79. The Labute approximate surface area is 149 Å². The average molecular weight is 345 g/mol. The van der Waals surface area contributed by atoms with E-state index in [0.717, 1.165) is 11.0 Å². The number of amides is 1. The van der Waals surface area contributed by atoms with Gasteiger partial charge < -0.3 is 15.6 Å². The van der Waals surface area contributed by atoms with Gasteiger partial charge in [-0.3, -0.25) is 9.59 Å². The average Bonchev–Trinajstić information content (AvgIpc) is 3.10. The summed E-state index contributed by atoms with van der Waals surface area (Å²) in [5, 5.41) is 14.8. The minimum absolute atomic E-state index is 0.0566. The molecule has 1 heterocycles. The summed E-state index contributed by atoms with van der Waals surface area (Å²) >= 11 is 0. The highest BCUT2D eigenvalue weighted by Crippen LogP contribution is 2.16. The number of fused-ring (bicyclic) bond motifs is 1. The fraction of sp³-hybridized carbons (Fsp3) is 0.0526. The molecule has 0 aliphatic carbocycles. The number of carbonyl (C=O) groups is 2. The minimum atomic E-state index is -0.543. The Balaban J connectivity index is 1.70. The normalized spacial score (nSPS) is 11.0. The summed E-state index contributed by atoms with van der Waals surface area (Å²) < 4.78 is 0. The lowest BCUT2D eigenvalue weighted by molar-refractivity contribution is -0.112. The van der Waals surface area contributed by atoms with E-state index in [-0.39, 0.29) is 11.4 Å². The molecule has 7 heteroatoms. The van der Waals surface area contributed by atoms with Gasteiger partial charge in [0.05, 0.1) is 17.4 Å². The number of ketones is 1. The summed E-state index contributed by atoms with van der Waals surface area (Å²) in [7, 11) is 0. The highest BCUT2D eigenvalue weighted by Gasteiger charge is 2.10. The van der Waals surface area contributed by atoms with Gasteiger partial charge in [0.25, 0.3) is 5.91 Å². The number of aromatic amines is 1. The van der Waals surface area contributed by atoms with Gasteiger partial charge in [0.1, 0.15) is 11.6 Å². The molecule has 0 unspecified atom stereocenters. The maximum atomic E-state index is 12.2. The van der Waals surface area contributed by atoms with Gasteiger partial charge in [0, 0.05) is 23.1 Å². The van der Waals surface area contributed by atoms with E-state index in [4.69, 9.17) is 0 Å². The molecule has 0 spiro atoms. The van der Waals surface area contributed by atoms with Crippen LogP contribution in [0.3, 0.4) is 0 Å². The quantitative estimate of drug-likeness (QED) is 0.373. The van der Waals surface area contributed by atoms with Gasteiger partial charge in [0.2, 0.25) is 0 Å². The Morgan fingerprint density at radius 1 is 1.15 bits per heavy atom. The standard InChI is InChI=1S/C19H15N5O2/c1-12(25)13-2-4-15(5-3-13)24-19(26)14(9-20)10-21-16-6-7-17-18(8-16)23-11-22-17/h2-8,10-11,21H,1H3,(H,22,23)(H,24,26)/b14-10-. The van der Waals surface area contributed by atoms with E-state index >= 15 is 0 Å². The summed E-state index contributed by atoms with van der Waals surface area (Å²) in [6, 6.07) is 13.8. The molecular weight excluding hydrogens is 330 g/mol. The summed E-state index contributed by atoms with van der Waals surface area (Å²) in [6.07, 6.45) is 2.94. The van der Waals surface area contributed by atoms with Crippen LogP contribution in [-0.2, 0) is 4.79 Å². The van der Waals surface area contributed by atoms with Crippen molar-refractivity contribution in [1.82, 2.24) is 9.97 Å². The third kappa shape index (κ3) is 3.76. The highest BCUT2D eigenvalue weighted by atomic mass is 16.1. The van der Waals surface area contributed by atoms with E-state index in [1.54, 1.807) is 36.7 Å². The number of hydrogen-bond donors (Lipinski definition) is 3. The molecule has 7 nitrogen and oxygen atoms in total. The number of carbonyl (C=O) groups excluding carboxylic acids is 2. The van der Waals surface area contributed by atoms with Crippen LogP contribution in [0, 0.1) is 11.3 Å². The summed E-state index contributed by atoms with van der Waals surface area (Å²) in [5.41, 5.74) is 3.36. The molecule has 128 valence electrons. The third-order valence-corrected chi connectivity index (χ3v) is 3.72. The molecule has 3 rings (SSSR count). The Bertz CT molecular complexity index is 1040. The Morgan fingerprint density at radius 2 is 1.88 bits per heavy atom. The SMILES string of the molecule is CC(=O)c1ccc(NC(=O)/C(C#N)=C\Nc2ccc3nc[nH]c3c2)cc1. The molecule has 26 heavy (non-hydrogen) atoms. The molecule has 3 N–H and O–H groups in total. The van der Waals surface area contributed by atoms with Crippen molar-refractivity contribution in [3.8, 4) is 6.07 Å². The van der Waals surface area contributed by atoms with Gasteiger partial charge in [-0.25, -0.2) is 4.98 Å². The van der Waals surface area contributed by atoms with E-state index in [9.17, 15) is 14.9 Å². The van der Waals surface area contributed by atoms with Crippen molar-refractivity contribution in [3.05, 3.63) is 66.1 Å². The molecule has 0 aliphatic rings. The molecule has 0 bridgehead atoms. The Morgan fingerprint density at radius 3 is 2.58 bits per heavy atom. The summed E-state index contributed by atoms with van der Waals surface area (Å²) in [4.78, 5) is 30.6. The predicted molar refractivity (Wildman–Crippen MR) is 98.5 cm³/mol. The van der Waals surface area contributed by atoms with Crippen LogP contribution < -0.4 is 10.6 Å². The molecule has 0 aliphatic heterocycles. The first kappa shape index (κ1) is 16.9. The Kier molecular flexibility index (Phi) is 4.76. The number of aromatic nitrogens is 2. The van der Waals surface area contributed by atoms with E-state index in [2.05, 4.69) is 20.6 Å². The second-order valence-electron chi connectivity index (χ2n) is 5.54. The smallest absolute Gasteiger partial charge is 0.267 e. The molecule has 0 saturated carbocycles. The zero-order chi connectivity index (χ0) is 18.5. The number of nitrogens with zero attached hydrogens (tertiary/aromatic N) is 2. The number of nitrogens with one attached hydrogen (secondary N) is 3. The predicted octanol–water partition coefficient (Wildman–Crippen LogP) is 3.22. The third-order valence-electron chi connectivity index (χ3n) is 3.72. The molecule has 0 fully saturated rings. The maximum Gasteiger partial charge on any atom is 0.267 e. The van der Waals surface area contributed by atoms with E-state index in [1.807, 2.05) is 18.2 Å². The Hall–Kier alpha value is -3.92. The van der Waals surface area contributed by atoms with Crippen molar-refractivity contribution in [1.29, 1.82) is 5.26 Å². The van der Waals surface area contributed by atoms with E-state index in [1.165, 1.54) is 13.1 Å². The van der Waals surface area contributed by atoms with E-state index < -0.39 is 5.91 Å². The van der Waals surface area contributed by atoms with Crippen LogP contribution >= 0.6 is 0 Å². The molecule has 2 aromatic carbocycles. The molecule has 1 aromatic heterocycles. The van der Waals surface area contributed by atoms with Gasteiger partial charge in [0.15, 0.2) is 5.78 Å². The summed E-state index contributed by atoms with van der Waals surface area (Å²) in [5.74, 6) is -0.600. The van der Waals surface area contributed by atoms with Crippen LogP contribution in [-0.4, -0.2) is 21.7 Å². The fourth-order valence-electron chi connectivity index (χ4n) is 2.32. The molecule has 0 saturated heterocycles. The van der Waals surface area contributed by atoms with Crippen molar-refractivity contribution in [2.75, 3.05) is 10.6 Å². The number of benzene rings is 2. The second-order valence-corrected chi connectivity index (χ2v) is 5.54. The van der Waals surface area contributed by atoms with Crippen LogP contribution in [0.1, 0.15) is 17.3 Å². The topological polar surface area (TPSA) is 111 Å². The monoisotopic (exact) mass is 345 g/mol. The summed E-state index contributed by atoms with van der Waals surface area (Å²) in [6.45, 7) is 1.47. The molecule has 0 radical (unpaired) electrons. The van der Waals surface area contributed by atoms with Crippen LogP contribution in [0.15, 0.2) is 60.6 Å². The minimum Gasteiger partial charge on any atom is -0.360 e. The zero-order valence-electron chi connectivity index (χ0n) is 13.9. The number of rotatable bonds is 5. The lowest BCUT2D eigenvalue weighted by Crippen LogP contribution is -2.14. The zero-order valence-corrected chi connectivity index (χ0v) is 13.9. The van der Waals surface area contributed by atoms with Gasteiger partial charge in [-0.15, -0.1) is 0 Å². The number of Topliss-reactive ketones (excluding diaryl/α,β-unsaturated/α-hetero) is 1. The number of anilines is 2. The van der Waals surface area contributed by atoms with Crippen molar-refractivity contribution >= 4 is 34.1 Å². The fourth-order valence-corrected chi connectivity index (χ4v) is 2.32. The lowest BCUT2D eigenvalue weighted by Gasteiger charge is -2.06. The maximum absolute atomic E-state index is 12.2.